The molecule has 0 aliphatic heterocycles. The van der Waals surface area contributed by atoms with Crippen molar-refractivity contribution >= 4 is 5.57 Å². The van der Waals surface area contributed by atoms with Gasteiger partial charge in [0, 0.05) is 0 Å². The molecule has 0 N–H and O–H groups in total. The highest BCUT2D eigenvalue weighted by Crippen LogP contribution is 2.53. The molecule has 0 aliphatic rings. The van der Waals surface area contributed by atoms with Crippen LogP contribution < -0.4 is 0 Å². The lowest BCUT2D eigenvalue weighted by molar-refractivity contribution is -0.388. The van der Waals surface area contributed by atoms with Crippen LogP contribution in [0.1, 0.15) is 12.5 Å². The van der Waals surface area contributed by atoms with Gasteiger partial charge in [0.2, 0.25) is 0 Å². The molecule has 0 unspecified atom stereocenters. The van der Waals surface area contributed by atoms with Crippen LogP contribution >= 0.6 is 0 Å². The SMILES string of the molecule is C/C(=C/C(F)(F)C(F)(F)C(F)(F)C(F)(F)F)c1ccccc1. The molecule has 0 spiro atoms. The summed E-state index contributed by atoms with van der Waals surface area (Å²) in [6, 6.07) is 6.60. The highest BCUT2D eigenvalue weighted by Gasteiger charge is 2.81. The first-order chi connectivity index (χ1) is 9.74. The summed E-state index contributed by atoms with van der Waals surface area (Å²) in [7, 11) is 0. The molecule has 9 heteroatoms. The fraction of sp³-hybridized carbons (Fsp3) is 0.385. The molecule has 0 atom stereocenters. The van der Waals surface area contributed by atoms with Gasteiger partial charge in [-0.2, -0.15) is 39.5 Å². The molecule has 0 radical (unpaired) electrons. The molecule has 22 heavy (non-hydrogen) atoms. The summed E-state index contributed by atoms with van der Waals surface area (Å²) in [6.45, 7) is 0.894. The maximum absolute atomic E-state index is 13.4. The van der Waals surface area contributed by atoms with Crippen molar-refractivity contribution in [1.29, 1.82) is 0 Å². The summed E-state index contributed by atoms with van der Waals surface area (Å²) < 4.78 is 114. The molecular formula is C13H9F9. The predicted octanol–water partition coefficient (Wildman–Crippen LogP) is 5.56. The molecule has 0 saturated carbocycles. The van der Waals surface area contributed by atoms with E-state index in [1.54, 1.807) is 0 Å². The molecular weight excluding hydrogens is 327 g/mol. The van der Waals surface area contributed by atoms with Crippen molar-refractivity contribution in [2.24, 2.45) is 0 Å². The van der Waals surface area contributed by atoms with Crippen LogP contribution in [-0.2, 0) is 0 Å². The van der Waals surface area contributed by atoms with Crippen molar-refractivity contribution in [3.8, 4) is 0 Å². The maximum Gasteiger partial charge on any atom is 0.460 e. The average Bonchev–Trinajstić information content (AvgIpc) is 2.37. The lowest BCUT2D eigenvalue weighted by Crippen LogP contribution is -2.60. The minimum absolute atomic E-state index is 0.0201. The average molecular weight is 336 g/mol. The van der Waals surface area contributed by atoms with Gasteiger partial charge < -0.3 is 0 Å². The molecule has 0 bridgehead atoms. The van der Waals surface area contributed by atoms with E-state index in [9.17, 15) is 39.5 Å². The van der Waals surface area contributed by atoms with E-state index in [-0.39, 0.29) is 5.56 Å². The van der Waals surface area contributed by atoms with Crippen LogP contribution in [0.3, 0.4) is 0 Å². The number of hydrogen-bond acceptors (Lipinski definition) is 0. The molecule has 1 rings (SSSR count). The van der Waals surface area contributed by atoms with Gasteiger partial charge in [0.1, 0.15) is 0 Å². The Morgan fingerprint density at radius 1 is 0.773 bits per heavy atom. The number of allylic oxidation sites excluding steroid dienone is 2. The molecule has 0 aromatic heterocycles. The Bertz CT molecular complexity index is 540. The quantitative estimate of drug-likeness (QED) is 0.632. The highest BCUT2D eigenvalue weighted by molar-refractivity contribution is 5.64. The second-order valence-corrected chi connectivity index (χ2v) is 4.46. The van der Waals surface area contributed by atoms with E-state index >= 15 is 0 Å². The zero-order valence-corrected chi connectivity index (χ0v) is 10.9. The lowest BCUT2D eigenvalue weighted by Gasteiger charge is -2.32. The third kappa shape index (κ3) is 3.07. The van der Waals surface area contributed by atoms with Crippen LogP contribution in [-0.4, -0.2) is 23.9 Å². The minimum Gasteiger partial charge on any atom is -0.195 e. The maximum atomic E-state index is 13.4. The van der Waals surface area contributed by atoms with Crippen LogP contribution in [0.2, 0.25) is 0 Å². The summed E-state index contributed by atoms with van der Waals surface area (Å²) in [5, 5.41) is 0. The second kappa shape index (κ2) is 5.51. The van der Waals surface area contributed by atoms with E-state index < -0.39 is 35.6 Å². The van der Waals surface area contributed by atoms with Crippen LogP contribution in [0.4, 0.5) is 39.5 Å². The van der Waals surface area contributed by atoms with E-state index in [1.807, 2.05) is 0 Å². The first-order valence-corrected chi connectivity index (χ1v) is 5.69. The van der Waals surface area contributed by atoms with Crippen LogP contribution in [0, 0.1) is 0 Å². The normalized spacial score (nSPS) is 15.1. The third-order valence-electron chi connectivity index (χ3n) is 2.80. The number of halogens is 9. The van der Waals surface area contributed by atoms with Crippen LogP contribution in [0.5, 0.6) is 0 Å². The summed E-state index contributed by atoms with van der Waals surface area (Å²) in [6.07, 6.45) is -7.41. The number of hydrogen-bond donors (Lipinski definition) is 0. The Labute approximate surface area is 119 Å². The van der Waals surface area contributed by atoms with E-state index in [0.717, 1.165) is 6.92 Å². The van der Waals surface area contributed by atoms with Gasteiger partial charge in [0.25, 0.3) is 0 Å². The van der Waals surface area contributed by atoms with E-state index in [2.05, 4.69) is 0 Å². The molecule has 1 aromatic rings. The van der Waals surface area contributed by atoms with Crippen LogP contribution in [0.15, 0.2) is 36.4 Å². The van der Waals surface area contributed by atoms with Gasteiger partial charge in [-0.3, -0.25) is 0 Å². The zero-order valence-electron chi connectivity index (χ0n) is 10.9. The fourth-order valence-corrected chi connectivity index (χ4v) is 1.53. The molecule has 0 aliphatic carbocycles. The van der Waals surface area contributed by atoms with Gasteiger partial charge in [-0.25, -0.2) is 0 Å². The Balaban J connectivity index is 3.28. The van der Waals surface area contributed by atoms with Gasteiger partial charge in [-0.15, -0.1) is 0 Å². The van der Waals surface area contributed by atoms with Crippen molar-refractivity contribution in [3.63, 3.8) is 0 Å². The van der Waals surface area contributed by atoms with Gasteiger partial charge in [-0.1, -0.05) is 30.3 Å². The Morgan fingerprint density at radius 3 is 1.64 bits per heavy atom. The topological polar surface area (TPSA) is 0 Å². The summed E-state index contributed by atoms with van der Waals surface area (Å²) in [5.41, 5.74) is -0.587. The first-order valence-electron chi connectivity index (χ1n) is 5.69. The number of benzene rings is 1. The van der Waals surface area contributed by atoms with Crippen molar-refractivity contribution in [2.75, 3.05) is 0 Å². The molecule has 124 valence electrons. The van der Waals surface area contributed by atoms with E-state index in [4.69, 9.17) is 0 Å². The highest BCUT2D eigenvalue weighted by atomic mass is 19.4. The largest absolute Gasteiger partial charge is 0.460 e. The Morgan fingerprint density at radius 2 is 1.23 bits per heavy atom. The zero-order chi connectivity index (χ0) is 17.4. The second-order valence-electron chi connectivity index (χ2n) is 4.46. The molecule has 0 nitrogen and oxygen atoms in total. The van der Waals surface area contributed by atoms with Crippen LogP contribution in [0.25, 0.3) is 5.57 Å². The summed E-state index contributed by atoms with van der Waals surface area (Å²) in [4.78, 5) is 0. The Kier molecular flexibility index (Phi) is 4.60. The molecule has 1 aromatic carbocycles. The predicted molar refractivity (Wildman–Crippen MR) is 61.0 cm³/mol. The van der Waals surface area contributed by atoms with Gasteiger partial charge in [0.05, 0.1) is 0 Å². The van der Waals surface area contributed by atoms with Gasteiger partial charge in [0.15, 0.2) is 0 Å². The summed E-state index contributed by atoms with van der Waals surface area (Å²) >= 11 is 0. The smallest absolute Gasteiger partial charge is 0.195 e. The molecule has 0 saturated heterocycles. The van der Waals surface area contributed by atoms with Gasteiger partial charge >= 0.3 is 23.9 Å². The third-order valence-corrected chi connectivity index (χ3v) is 2.80. The fourth-order valence-electron chi connectivity index (χ4n) is 1.53. The van der Waals surface area contributed by atoms with Crippen molar-refractivity contribution in [2.45, 2.75) is 30.9 Å². The summed E-state index contributed by atoms with van der Waals surface area (Å²) in [5.74, 6) is -19.2. The Hall–Kier alpha value is -1.67. The monoisotopic (exact) mass is 336 g/mol. The number of alkyl halides is 9. The van der Waals surface area contributed by atoms with Crippen molar-refractivity contribution < 1.29 is 39.5 Å². The molecule has 0 heterocycles. The molecule has 0 amide bonds. The first kappa shape index (κ1) is 18.4. The van der Waals surface area contributed by atoms with E-state index in [0.29, 0.717) is 0 Å². The van der Waals surface area contributed by atoms with Gasteiger partial charge in [-0.05, 0) is 24.1 Å². The van der Waals surface area contributed by atoms with Crippen molar-refractivity contribution in [3.05, 3.63) is 42.0 Å². The van der Waals surface area contributed by atoms with Crippen molar-refractivity contribution in [1.82, 2.24) is 0 Å². The molecule has 0 fully saturated rings. The standard InChI is InChI=1S/C13H9F9/c1-8(9-5-3-2-4-6-9)7-10(14,15)11(16,17)12(18,19)13(20,21)22/h2-7H,1H3/b8-7-. The lowest BCUT2D eigenvalue weighted by atomic mass is 9.99. The minimum atomic E-state index is -6.88. The number of rotatable bonds is 4. The van der Waals surface area contributed by atoms with E-state index in [1.165, 1.54) is 30.3 Å².